The largest absolute Gasteiger partial charge is 0.371 e. The number of hydrogen-bond donors (Lipinski definition) is 1. The first kappa shape index (κ1) is 17.0. The Morgan fingerprint density at radius 3 is 2.59 bits per heavy atom. The number of carbonyl (C=O) groups excluding carboxylic acids is 2. The fraction of sp³-hybridized carbons (Fsp3) is 0.467. The fourth-order valence-electron chi connectivity index (χ4n) is 2.00. The Balaban J connectivity index is 2.15. The number of carbonyl (C=O) groups is 2. The van der Waals surface area contributed by atoms with Crippen LogP contribution in [0.2, 0.25) is 5.02 Å². The fourth-order valence-corrected chi connectivity index (χ4v) is 2.75. The van der Waals surface area contributed by atoms with Crippen LogP contribution in [0.1, 0.15) is 36.5 Å². The Morgan fingerprint density at radius 2 is 2.00 bits per heavy atom. The van der Waals surface area contributed by atoms with Gasteiger partial charge in [0.2, 0.25) is 0 Å². The van der Waals surface area contributed by atoms with E-state index in [1.54, 1.807) is 13.0 Å². The highest BCUT2D eigenvalue weighted by atomic mass is 35.5. The maximum absolute atomic E-state index is 12.3. The summed E-state index contributed by atoms with van der Waals surface area (Å²) in [5, 5.41) is 3.13. The number of halogens is 1. The molecule has 0 spiro atoms. The minimum atomic E-state index is -3.23. The van der Waals surface area contributed by atoms with Crippen molar-refractivity contribution in [3.63, 3.8) is 0 Å². The van der Waals surface area contributed by atoms with E-state index in [-0.39, 0.29) is 35.5 Å². The number of ketones is 2. The van der Waals surface area contributed by atoms with E-state index in [0.717, 1.165) is 12.8 Å². The summed E-state index contributed by atoms with van der Waals surface area (Å²) in [6.07, 6.45) is 1.56. The molecule has 1 aromatic rings. The van der Waals surface area contributed by atoms with Gasteiger partial charge in [-0.1, -0.05) is 18.5 Å². The molecule has 1 N–H and O–H groups in total. The first-order chi connectivity index (χ1) is 10.3. The van der Waals surface area contributed by atoms with Gasteiger partial charge in [-0.15, -0.1) is 0 Å². The van der Waals surface area contributed by atoms with E-state index in [4.69, 9.17) is 11.6 Å². The molecule has 0 aliphatic heterocycles. The van der Waals surface area contributed by atoms with Crippen LogP contribution < -0.4 is 5.32 Å². The van der Waals surface area contributed by atoms with Gasteiger partial charge < -0.3 is 5.32 Å². The zero-order valence-corrected chi connectivity index (χ0v) is 13.8. The molecule has 0 atom stereocenters. The third kappa shape index (κ3) is 4.55. The van der Waals surface area contributed by atoms with E-state index in [1.165, 1.54) is 12.1 Å². The molecule has 1 aromatic carbocycles. The van der Waals surface area contributed by atoms with Crippen LogP contribution in [0.4, 0.5) is 5.69 Å². The average Bonchev–Trinajstić information content (AvgIpc) is 3.29. The van der Waals surface area contributed by atoms with E-state index >= 15 is 0 Å². The molecule has 1 aliphatic carbocycles. The van der Waals surface area contributed by atoms with Crippen LogP contribution in [-0.4, -0.2) is 31.6 Å². The molecule has 120 valence electrons. The van der Waals surface area contributed by atoms with Gasteiger partial charge in [0.1, 0.15) is 11.7 Å². The van der Waals surface area contributed by atoms with Gasteiger partial charge in [0.15, 0.2) is 15.6 Å². The highest BCUT2D eigenvalue weighted by Crippen LogP contribution is 2.32. The van der Waals surface area contributed by atoms with Crippen molar-refractivity contribution in [2.45, 2.75) is 26.2 Å². The summed E-state index contributed by atoms with van der Waals surface area (Å²) in [6, 6.07) is 4.57. The molecule has 22 heavy (non-hydrogen) atoms. The standard InChI is InChI=1S/C15H18ClNO4S/c1-2-22(20,21)9-17-13-7-11(16)5-6-12(13)15(19)8-14(18)10-3-4-10/h5-7,10,17H,2-4,8-9H2,1H3. The lowest BCUT2D eigenvalue weighted by atomic mass is 10.0. The zero-order chi connectivity index (χ0) is 16.3. The van der Waals surface area contributed by atoms with Crippen LogP contribution in [0.25, 0.3) is 0 Å². The van der Waals surface area contributed by atoms with Crippen molar-refractivity contribution in [2.75, 3.05) is 16.9 Å². The Bertz CT molecular complexity index is 695. The SMILES string of the molecule is CCS(=O)(=O)CNc1cc(Cl)ccc1C(=O)CC(=O)C1CC1. The molecule has 1 saturated carbocycles. The summed E-state index contributed by atoms with van der Waals surface area (Å²) < 4.78 is 23.2. The van der Waals surface area contributed by atoms with Gasteiger partial charge in [-0.3, -0.25) is 9.59 Å². The van der Waals surface area contributed by atoms with Gasteiger partial charge >= 0.3 is 0 Å². The van der Waals surface area contributed by atoms with Crippen molar-refractivity contribution in [3.8, 4) is 0 Å². The Morgan fingerprint density at radius 1 is 1.32 bits per heavy atom. The summed E-state index contributed by atoms with van der Waals surface area (Å²) in [5.74, 6) is -0.616. The predicted octanol–water partition coefficient (Wildman–Crippen LogP) is 2.70. The molecule has 0 unspecified atom stereocenters. The Labute approximate surface area is 135 Å². The van der Waals surface area contributed by atoms with Crippen LogP contribution in [0, 0.1) is 5.92 Å². The maximum atomic E-state index is 12.3. The van der Waals surface area contributed by atoms with Gasteiger partial charge in [-0.05, 0) is 31.0 Å². The second kappa shape index (κ2) is 6.79. The Kier molecular flexibility index (Phi) is 5.24. The predicted molar refractivity (Wildman–Crippen MR) is 86.1 cm³/mol. The molecule has 0 amide bonds. The highest BCUT2D eigenvalue weighted by molar-refractivity contribution is 7.91. The topological polar surface area (TPSA) is 80.3 Å². The maximum Gasteiger partial charge on any atom is 0.172 e. The van der Waals surface area contributed by atoms with Gasteiger partial charge in [-0.2, -0.15) is 0 Å². The summed E-state index contributed by atoms with van der Waals surface area (Å²) in [5.41, 5.74) is 0.642. The lowest BCUT2D eigenvalue weighted by molar-refractivity contribution is -0.119. The molecule has 0 saturated heterocycles. The van der Waals surface area contributed by atoms with Crippen molar-refractivity contribution >= 4 is 38.7 Å². The van der Waals surface area contributed by atoms with Gasteiger partial charge in [0.05, 0.1) is 6.42 Å². The third-order valence-corrected chi connectivity index (χ3v) is 5.27. The lowest BCUT2D eigenvalue weighted by Gasteiger charge is -2.11. The van der Waals surface area contributed by atoms with E-state index in [0.29, 0.717) is 16.3 Å². The molecule has 0 heterocycles. The Hall–Kier alpha value is -1.40. The second-order valence-electron chi connectivity index (χ2n) is 5.38. The minimum absolute atomic E-state index is 0.00398. The van der Waals surface area contributed by atoms with Gasteiger partial charge in [0, 0.05) is 27.9 Å². The number of anilines is 1. The number of hydrogen-bond acceptors (Lipinski definition) is 5. The molecule has 0 aromatic heterocycles. The van der Waals surface area contributed by atoms with Crippen LogP contribution in [0.15, 0.2) is 18.2 Å². The van der Waals surface area contributed by atoms with Gasteiger partial charge in [-0.25, -0.2) is 8.42 Å². The van der Waals surface area contributed by atoms with Crippen molar-refractivity contribution < 1.29 is 18.0 Å². The second-order valence-corrected chi connectivity index (χ2v) is 8.17. The van der Waals surface area contributed by atoms with Crippen LogP contribution in [0.5, 0.6) is 0 Å². The smallest absolute Gasteiger partial charge is 0.172 e. The lowest BCUT2D eigenvalue weighted by Crippen LogP contribution is -2.18. The average molecular weight is 344 g/mol. The van der Waals surface area contributed by atoms with E-state index in [2.05, 4.69) is 5.32 Å². The molecular weight excluding hydrogens is 326 g/mol. The quantitative estimate of drug-likeness (QED) is 0.580. The summed E-state index contributed by atoms with van der Waals surface area (Å²) >= 11 is 5.90. The molecule has 1 aliphatic rings. The van der Waals surface area contributed by atoms with Crippen molar-refractivity contribution in [1.82, 2.24) is 0 Å². The van der Waals surface area contributed by atoms with Crippen LogP contribution in [-0.2, 0) is 14.6 Å². The van der Waals surface area contributed by atoms with E-state index in [1.807, 2.05) is 0 Å². The minimum Gasteiger partial charge on any atom is -0.371 e. The van der Waals surface area contributed by atoms with Gasteiger partial charge in [0.25, 0.3) is 0 Å². The van der Waals surface area contributed by atoms with E-state index < -0.39 is 9.84 Å². The first-order valence-corrected chi connectivity index (χ1v) is 9.32. The molecular formula is C15H18ClNO4S. The molecule has 2 rings (SSSR count). The van der Waals surface area contributed by atoms with Crippen LogP contribution >= 0.6 is 11.6 Å². The summed E-state index contributed by atoms with van der Waals surface area (Å²) in [4.78, 5) is 24.0. The monoisotopic (exact) mass is 343 g/mol. The molecule has 5 nitrogen and oxygen atoms in total. The van der Waals surface area contributed by atoms with Crippen molar-refractivity contribution in [1.29, 1.82) is 0 Å². The summed E-state index contributed by atoms with van der Waals surface area (Å²) in [6.45, 7) is 1.55. The normalized spacial score (nSPS) is 14.6. The molecule has 0 radical (unpaired) electrons. The van der Waals surface area contributed by atoms with Crippen molar-refractivity contribution in [3.05, 3.63) is 28.8 Å². The zero-order valence-electron chi connectivity index (χ0n) is 12.3. The molecule has 7 heteroatoms. The number of sulfone groups is 1. The highest BCUT2D eigenvalue weighted by Gasteiger charge is 2.31. The molecule has 1 fully saturated rings. The van der Waals surface area contributed by atoms with Crippen molar-refractivity contribution in [2.24, 2.45) is 5.92 Å². The first-order valence-electron chi connectivity index (χ1n) is 7.12. The number of Topliss-reactive ketones (excluding diaryl/α,β-unsaturated/α-hetero) is 2. The number of benzene rings is 1. The number of rotatable bonds is 8. The number of nitrogens with one attached hydrogen (secondary N) is 1. The summed E-state index contributed by atoms with van der Waals surface area (Å²) in [7, 11) is -3.23. The van der Waals surface area contributed by atoms with E-state index in [9.17, 15) is 18.0 Å². The molecule has 0 bridgehead atoms. The third-order valence-electron chi connectivity index (χ3n) is 3.57. The van der Waals surface area contributed by atoms with Crippen LogP contribution in [0.3, 0.4) is 0 Å².